The smallest absolute Gasteiger partial charge is 0.121 e. The highest BCUT2D eigenvalue weighted by Gasteiger charge is 2.17. The van der Waals surface area contributed by atoms with Gasteiger partial charge in [0.05, 0.1) is 22.3 Å². The number of fused-ring (bicyclic) bond motifs is 1. The highest BCUT2D eigenvalue weighted by molar-refractivity contribution is 7.18. The molecule has 0 spiro atoms. The molecule has 90 valence electrons. The minimum atomic E-state index is 0.762. The van der Waals surface area contributed by atoms with Gasteiger partial charge in [-0.25, -0.2) is 4.98 Å². The number of nitrogens with one attached hydrogen (secondary N) is 1. The van der Waals surface area contributed by atoms with Gasteiger partial charge in [0.15, 0.2) is 0 Å². The van der Waals surface area contributed by atoms with Crippen LogP contribution in [0.2, 0.25) is 0 Å². The molecular formula is C13H16N2OS. The van der Waals surface area contributed by atoms with Crippen LogP contribution in [0, 0.1) is 5.92 Å². The van der Waals surface area contributed by atoms with E-state index < -0.39 is 0 Å². The van der Waals surface area contributed by atoms with Gasteiger partial charge in [-0.3, -0.25) is 0 Å². The number of methoxy groups -OCH3 is 1. The van der Waals surface area contributed by atoms with E-state index in [0.29, 0.717) is 0 Å². The van der Waals surface area contributed by atoms with Gasteiger partial charge in [-0.2, -0.15) is 0 Å². The van der Waals surface area contributed by atoms with Gasteiger partial charge >= 0.3 is 0 Å². The lowest BCUT2D eigenvalue weighted by molar-refractivity contribution is 0.415. The predicted molar refractivity (Wildman–Crippen MR) is 70.9 cm³/mol. The summed E-state index contributed by atoms with van der Waals surface area (Å²) >= 11 is 1.81. The topological polar surface area (TPSA) is 34.1 Å². The molecule has 0 radical (unpaired) electrons. The summed E-state index contributed by atoms with van der Waals surface area (Å²) in [7, 11) is 1.69. The van der Waals surface area contributed by atoms with Gasteiger partial charge in [0.1, 0.15) is 5.75 Å². The minimum absolute atomic E-state index is 0.762. The molecule has 1 fully saturated rings. The lowest BCUT2D eigenvalue weighted by atomic mass is 10.1. The lowest BCUT2D eigenvalue weighted by Crippen LogP contribution is -2.10. The molecular weight excluding hydrogens is 232 g/mol. The maximum atomic E-state index is 5.22. The first-order valence-corrected chi connectivity index (χ1v) is 6.81. The number of nitrogens with zero attached hydrogens (tertiary/aromatic N) is 1. The molecule has 2 aromatic rings. The number of benzene rings is 1. The molecule has 0 saturated carbocycles. The summed E-state index contributed by atoms with van der Waals surface area (Å²) in [5.74, 6) is 1.65. The van der Waals surface area contributed by atoms with Gasteiger partial charge in [0.25, 0.3) is 0 Å². The summed E-state index contributed by atoms with van der Waals surface area (Å²) in [4.78, 5) is 4.70. The Hall–Kier alpha value is -1.13. The molecule has 1 aromatic carbocycles. The van der Waals surface area contributed by atoms with E-state index in [1.54, 1.807) is 7.11 Å². The number of ether oxygens (including phenoxy) is 1. The van der Waals surface area contributed by atoms with Crippen LogP contribution in [-0.2, 0) is 6.42 Å². The van der Waals surface area contributed by atoms with E-state index in [1.807, 2.05) is 23.5 Å². The number of hydrogen-bond donors (Lipinski definition) is 1. The van der Waals surface area contributed by atoms with Crippen molar-refractivity contribution in [2.45, 2.75) is 12.8 Å². The van der Waals surface area contributed by atoms with Crippen LogP contribution >= 0.6 is 11.3 Å². The van der Waals surface area contributed by atoms with Gasteiger partial charge < -0.3 is 10.1 Å². The molecule has 1 aliphatic heterocycles. The fraction of sp³-hybridized carbons (Fsp3) is 0.462. The van der Waals surface area contributed by atoms with Gasteiger partial charge in [0, 0.05) is 12.5 Å². The molecule has 0 amide bonds. The molecule has 3 nitrogen and oxygen atoms in total. The van der Waals surface area contributed by atoms with Crippen molar-refractivity contribution >= 4 is 21.6 Å². The number of hydrogen-bond acceptors (Lipinski definition) is 4. The Kier molecular flexibility index (Phi) is 2.99. The Balaban J connectivity index is 1.85. The summed E-state index contributed by atoms with van der Waals surface area (Å²) < 4.78 is 6.48. The third-order valence-electron chi connectivity index (χ3n) is 3.26. The minimum Gasteiger partial charge on any atom is -0.497 e. The van der Waals surface area contributed by atoms with Crippen LogP contribution in [0.3, 0.4) is 0 Å². The van der Waals surface area contributed by atoms with Crippen molar-refractivity contribution in [2.24, 2.45) is 5.92 Å². The highest BCUT2D eigenvalue weighted by Crippen LogP contribution is 2.28. The van der Waals surface area contributed by atoms with Crippen molar-refractivity contribution in [3.05, 3.63) is 23.2 Å². The molecule has 1 saturated heterocycles. The van der Waals surface area contributed by atoms with Gasteiger partial charge in [-0.05, 0) is 37.6 Å². The van der Waals surface area contributed by atoms with Crippen molar-refractivity contribution in [1.82, 2.24) is 10.3 Å². The van der Waals surface area contributed by atoms with Crippen LogP contribution in [0.1, 0.15) is 11.4 Å². The fourth-order valence-electron chi connectivity index (χ4n) is 2.30. The van der Waals surface area contributed by atoms with Crippen LogP contribution in [0.5, 0.6) is 5.75 Å². The fourth-order valence-corrected chi connectivity index (χ4v) is 3.37. The molecule has 4 heteroatoms. The standard InChI is InChI=1S/C13H16N2OS/c1-16-10-2-3-12-11(7-10)15-13(17-12)6-9-4-5-14-8-9/h2-3,7,9,14H,4-6,8H2,1H3. The van der Waals surface area contributed by atoms with Gasteiger partial charge in [0.2, 0.25) is 0 Å². The second-order valence-electron chi connectivity index (χ2n) is 4.50. The molecule has 2 heterocycles. The third kappa shape index (κ3) is 2.28. The van der Waals surface area contributed by atoms with E-state index >= 15 is 0 Å². The quantitative estimate of drug-likeness (QED) is 0.906. The van der Waals surface area contributed by atoms with Gasteiger partial charge in [-0.15, -0.1) is 11.3 Å². The van der Waals surface area contributed by atoms with Crippen LogP contribution in [0.25, 0.3) is 10.2 Å². The summed E-state index contributed by atoms with van der Waals surface area (Å²) in [6.45, 7) is 2.29. The monoisotopic (exact) mass is 248 g/mol. The summed E-state index contributed by atoms with van der Waals surface area (Å²) in [6.07, 6.45) is 2.38. The van der Waals surface area contributed by atoms with E-state index in [4.69, 9.17) is 9.72 Å². The average molecular weight is 248 g/mol. The molecule has 17 heavy (non-hydrogen) atoms. The largest absolute Gasteiger partial charge is 0.497 e. The lowest BCUT2D eigenvalue weighted by Gasteiger charge is -2.03. The second kappa shape index (κ2) is 4.63. The van der Waals surface area contributed by atoms with Crippen molar-refractivity contribution < 1.29 is 4.74 Å². The average Bonchev–Trinajstić information content (AvgIpc) is 2.96. The predicted octanol–water partition coefficient (Wildman–Crippen LogP) is 2.46. The maximum Gasteiger partial charge on any atom is 0.121 e. The van der Waals surface area contributed by atoms with Crippen molar-refractivity contribution in [3.63, 3.8) is 0 Å². The van der Waals surface area contributed by atoms with Crippen molar-refractivity contribution in [2.75, 3.05) is 20.2 Å². The molecule has 3 rings (SSSR count). The van der Waals surface area contributed by atoms with E-state index in [0.717, 1.165) is 36.7 Å². The number of thiazole rings is 1. The molecule has 1 N–H and O–H groups in total. The molecule has 0 aliphatic carbocycles. The van der Waals surface area contributed by atoms with Crippen LogP contribution < -0.4 is 10.1 Å². The molecule has 1 unspecified atom stereocenters. The van der Waals surface area contributed by atoms with Gasteiger partial charge in [-0.1, -0.05) is 0 Å². The zero-order valence-electron chi connectivity index (χ0n) is 9.90. The Morgan fingerprint density at radius 1 is 1.53 bits per heavy atom. The molecule has 0 bridgehead atoms. The first-order valence-electron chi connectivity index (χ1n) is 5.99. The summed E-state index contributed by atoms with van der Waals surface area (Å²) in [5, 5.41) is 4.65. The molecule has 1 aromatic heterocycles. The van der Waals surface area contributed by atoms with Crippen molar-refractivity contribution in [3.8, 4) is 5.75 Å². The first kappa shape index (κ1) is 11.0. The van der Waals surface area contributed by atoms with E-state index in [-0.39, 0.29) is 0 Å². The molecule has 1 aliphatic rings. The zero-order valence-corrected chi connectivity index (χ0v) is 10.7. The summed E-state index contributed by atoms with van der Waals surface area (Å²) in [5.41, 5.74) is 1.07. The van der Waals surface area contributed by atoms with Crippen LogP contribution in [0.15, 0.2) is 18.2 Å². The normalized spacial score (nSPS) is 19.9. The Bertz CT molecular complexity index is 517. The number of rotatable bonds is 3. The van der Waals surface area contributed by atoms with E-state index in [1.165, 1.54) is 16.1 Å². The first-order chi connectivity index (χ1) is 8.35. The Morgan fingerprint density at radius 2 is 2.47 bits per heavy atom. The molecule has 1 atom stereocenters. The van der Waals surface area contributed by atoms with Crippen LogP contribution in [0.4, 0.5) is 0 Å². The Labute approximate surface area is 105 Å². The SMILES string of the molecule is COc1ccc2sc(CC3CCNC3)nc2c1. The maximum absolute atomic E-state index is 5.22. The highest BCUT2D eigenvalue weighted by atomic mass is 32.1. The second-order valence-corrected chi connectivity index (χ2v) is 5.62. The number of aromatic nitrogens is 1. The summed E-state index contributed by atoms with van der Waals surface area (Å²) in [6, 6.07) is 6.12. The third-order valence-corrected chi connectivity index (χ3v) is 4.32. The van der Waals surface area contributed by atoms with Crippen LogP contribution in [-0.4, -0.2) is 25.2 Å². The van der Waals surface area contributed by atoms with E-state index in [9.17, 15) is 0 Å². The zero-order chi connectivity index (χ0) is 11.7. The van der Waals surface area contributed by atoms with E-state index in [2.05, 4.69) is 11.4 Å². The van der Waals surface area contributed by atoms with Crippen molar-refractivity contribution in [1.29, 1.82) is 0 Å². The Morgan fingerprint density at radius 3 is 3.24 bits per heavy atom.